The molecule has 2 aromatic heterocycles. The maximum absolute atomic E-state index is 4.66. The van der Waals surface area contributed by atoms with Gasteiger partial charge in [0.2, 0.25) is 0 Å². The van der Waals surface area contributed by atoms with Gasteiger partial charge in [-0.15, -0.1) is 16.4 Å². The number of aromatic nitrogens is 3. The normalized spacial score (nSPS) is 10.9. The molecular weight excluding hydrogens is 268 g/mol. The van der Waals surface area contributed by atoms with Gasteiger partial charge in [-0.3, -0.25) is 0 Å². The van der Waals surface area contributed by atoms with E-state index in [9.17, 15) is 0 Å². The van der Waals surface area contributed by atoms with Gasteiger partial charge >= 0.3 is 0 Å². The van der Waals surface area contributed by atoms with Crippen LogP contribution in [0.25, 0.3) is 10.2 Å². The Kier molecular flexibility index (Phi) is 3.36. The first-order chi connectivity index (χ1) is 9.69. The Labute approximate surface area is 121 Å². The number of nitrogens with zero attached hydrogens (tertiary/aromatic N) is 3. The lowest BCUT2D eigenvalue weighted by Gasteiger charge is -2.09. The lowest BCUT2D eigenvalue weighted by molar-refractivity contribution is 0.905. The van der Waals surface area contributed by atoms with Gasteiger partial charge in [-0.2, -0.15) is 5.10 Å². The quantitative estimate of drug-likeness (QED) is 0.801. The van der Waals surface area contributed by atoms with Crippen molar-refractivity contribution in [1.82, 2.24) is 15.2 Å². The van der Waals surface area contributed by atoms with Crippen LogP contribution in [0.5, 0.6) is 0 Å². The summed E-state index contributed by atoms with van der Waals surface area (Å²) in [7, 11) is 1.86. The summed E-state index contributed by atoms with van der Waals surface area (Å²) in [6, 6.07) is 8.21. The molecule has 0 atom stereocenters. The van der Waals surface area contributed by atoms with Crippen molar-refractivity contribution in [2.45, 2.75) is 20.3 Å². The van der Waals surface area contributed by atoms with Gasteiger partial charge in [-0.1, -0.05) is 12.1 Å². The van der Waals surface area contributed by atoms with Crippen LogP contribution >= 0.6 is 11.3 Å². The van der Waals surface area contributed by atoms with Crippen molar-refractivity contribution < 1.29 is 0 Å². The third kappa shape index (κ3) is 2.25. The fraction of sp³-hybridized carbons (Fsp3) is 0.267. The molecule has 0 bridgehead atoms. The molecule has 4 nitrogen and oxygen atoms in total. The van der Waals surface area contributed by atoms with Crippen molar-refractivity contribution in [1.29, 1.82) is 0 Å². The minimum atomic E-state index is 0.739. The molecule has 0 unspecified atom stereocenters. The molecule has 20 heavy (non-hydrogen) atoms. The second-order valence-corrected chi connectivity index (χ2v) is 5.86. The van der Waals surface area contributed by atoms with Crippen molar-refractivity contribution in [3.63, 3.8) is 0 Å². The Hall–Kier alpha value is -2.01. The monoisotopic (exact) mass is 284 g/mol. The van der Waals surface area contributed by atoms with Crippen LogP contribution in [-0.4, -0.2) is 22.2 Å². The Bertz CT molecular complexity index is 731. The summed E-state index contributed by atoms with van der Waals surface area (Å²) in [5.41, 5.74) is 4.39. The first-order valence-electron chi connectivity index (χ1n) is 6.54. The summed E-state index contributed by atoms with van der Waals surface area (Å²) in [5.74, 6) is 0.843. The van der Waals surface area contributed by atoms with Crippen LogP contribution in [0, 0.1) is 13.8 Å². The molecule has 3 aromatic rings. The number of anilines is 1. The molecule has 5 heteroatoms. The third-order valence-electron chi connectivity index (χ3n) is 3.51. The molecule has 1 N–H and O–H groups in total. The summed E-state index contributed by atoms with van der Waals surface area (Å²) >= 11 is 1.72. The third-order valence-corrected chi connectivity index (χ3v) is 4.55. The molecule has 0 radical (unpaired) electrons. The summed E-state index contributed by atoms with van der Waals surface area (Å²) in [5, 5.41) is 12.7. The second kappa shape index (κ2) is 5.17. The van der Waals surface area contributed by atoms with Gasteiger partial charge in [-0.25, -0.2) is 4.98 Å². The highest BCUT2D eigenvalue weighted by Gasteiger charge is 2.11. The number of benzene rings is 1. The highest BCUT2D eigenvalue weighted by atomic mass is 32.1. The van der Waals surface area contributed by atoms with Crippen LogP contribution in [0.15, 0.2) is 24.3 Å². The molecule has 0 amide bonds. The summed E-state index contributed by atoms with van der Waals surface area (Å²) < 4.78 is 1.22. The van der Waals surface area contributed by atoms with E-state index < -0.39 is 0 Å². The highest BCUT2D eigenvalue weighted by Crippen LogP contribution is 2.25. The molecule has 0 aliphatic heterocycles. The van der Waals surface area contributed by atoms with E-state index in [0.29, 0.717) is 0 Å². The first-order valence-corrected chi connectivity index (χ1v) is 7.35. The first kappa shape index (κ1) is 13.0. The largest absolute Gasteiger partial charge is 0.371 e. The Morgan fingerprint density at radius 1 is 1.10 bits per heavy atom. The van der Waals surface area contributed by atoms with Gasteiger partial charge in [-0.05, 0) is 37.1 Å². The zero-order valence-electron chi connectivity index (χ0n) is 11.8. The van der Waals surface area contributed by atoms with Gasteiger partial charge in [0, 0.05) is 13.5 Å². The molecule has 102 valence electrons. The zero-order valence-corrected chi connectivity index (χ0v) is 12.6. The minimum absolute atomic E-state index is 0.739. The molecule has 0 aliphatic rings. The van der Waals surface area contributed by atoms with Crippen LogP contribution in [0.4, 0.5) is 5.82 Å². The van der Waals surface area contributed by atoms with E-state index >= 15 is 0 Å². The van der Waals surface area contributed by atoms with Crippen molar-refractivity contribution in [3.8, 4) is 0 Å². The minimum Gasteiger partial charge on any atom is -0.371 e. The van der Waals surface area contributed by atoms with E-state index in [-0.39, 0.29) is 0 Å². The zero-order chi connectivity index (χ0) is 14.1. The Balaban J connectivity index is 1.96. The average molecular weight is 284 g/mol. The number of rotatable bonds is 3. The molecule has 0 saturated heterocycles. The number of hydrogen-bond donors (Lipinski definition) is 1. The van der Waals surface area contributed by atoms with E-state index in [1.54, 1.807) is 11.3 Å². The fourth-order valence-corrected chi connectivity index (χ4v) is 3.17. The number of hydrogen-bond acceptors (Lipinski definition) is 5. The maximum Gasteiger partial charge on any atom is 0.151 e. The Morgan fingerprint density at radius 2 is 1.90 bits per heavy atom. The lowest BCUT2D eigenvalue weighted by atomic mass is 10.1. The van der Waals surface area contributed by atoms with Crippen LogP contribution in [0.2, 0.25) is 0 Å². The van der Waals surface area contributed by atoms with E-state index in [4.69, 9.17) is 0 Å². The standard InChI is InChI=1S/C15H16N4S/c1-9-10(2)15(16-3)19-18-12(9)8-14-17-11-6-4-5-7-13(11)20-14/h4-7H,8H2,1-3H3,(H,16,19). The number of nitrogens with one attached hydrogen (secondary N) is 1. The van der Waals surface area contributed by atoms with Crippen molar-refractivity contribution >= 4 is 27.4 Å². The molecule has 2 heterocycles. The maximum atomic E-state index is 4.66. The number of para-hydroxylation sites is 1. The topological polar surface area (TPSA) is 50.7 Å². The van der Waals surface area contributed by atoms with Gasteiger partial charge in [0.25, 0.3) is 0 Å². The SMILES string of the molecule is CNc1nnc(Cc2nc3ccccc3s2)c(C)c1C. The summed E-state index contributed by atoms with van der Waals surface area (Å²) in [6.45, 7) is 4.16. The van der Waals surface area contributed by atoms with Gasteiger partial charge in [0.15, 0.2) is 5.82 Å². The van der Waals surface area contributed by atoms with Gasteiger partial charge in [0.05, 0.1) is 20.9 Å². The lowest BCUT2D eigenvalue weighted by Crippen LogP contribution is -2.05. The van der Waals surface area contributed by atoms with Gasteiger partial charge in [0.1, 0.15) is 0 Å². The van der Waals surface area contributed by atoms with Crippen molar-refractivity contribution in [2.24, 2.45) is 0 Å². The van der Waals surface area contributed by atoms with Crippen LogP contribution in [0.3, 0.4) is 0 Å². The number of fused-ring (bicyclic) bond motifs is 1. The summed E-state index contributed by atoms with van der Waals surface area (Å²) in [6.07, 6.45) is 0.739. The molecule has 0 fully saturated rings. The Morgan fingerprint density at radius 3 is 2.65 bits per heavy atom. The molecule has 0 saturated carbocycles. The highest BCUT2D eigenvalue weighted by molar-refractivity contribution is 7.18. The van der Waals surface area contributed by atoms with Gasteiger partial charge < -0.3 is 5.32 Å². The van der Waals surface area contributed by atoms with E-state index in [2.05, 4.69) is 40.4 Å². The van der Waals surface area contributed by atoms with Crippen molar-refractivity contribution in [2.75, 3.05) is 12.4 Å². The molecule has 3 rings (SSSR count). The smallest absolute Gasteiger partial charge is 0.151 e. The molecule has 0 aliphatic carbocycles. The van der Waals surface area contributed by atoms with E-state index in [1.165, 1.54) is 10.3 Å². The molecular formula is C15H16N4S. The van der Waals surface area contributed by atoms with E-state index in [0.717, 1.165) is 34.0 Å². The number of thiazole rings is 1. The van der Waals surface area contributed by atoms with Crippen LogP contribution in [-0.2, 0) is 6.42 Å². The summed E-state index contributed by atoms with van der Waals surface area (Å²) in [4.78, 5) is 4.66. The molecule has 1 aromatic carbocycles. The average Bonchev–Trinajstić information content (AvgIpc) is 2.86. The van der Waals surface area contributed by atoms with E-state index in [1.807, 2.05) is 25.2 Å². The van der Waals surface area contributed by atoms with Crippen LogP contribution < -0.4 is 5.32 Å². The van der Waals surface area contributed by atoms with Crippen molar-refractivity contribution in [3.05, 3.63) is 46.1 Å². The van der Waals surface area contributed by atoms with Crippen LogP contribution in [0.1, 0.15) is 21.8 Å². The predicted octanol–water partition coefficient (Wildman–Crippen LogP) is 3.34. The second-order valence-electron chi connectivity index (χ2n) is 4.75. The molecule has 0 spiro atoms. The fourth-order valence-electron chi connectivity index (χ4n) is 2.20. The predicted molar refractivity (Wildman–Crippen MR) is 83.5 cm³/mol.